The second-order valence-corrected chi connectivity index (χ2v) is 9.25. The first-order chi connectivity index (χ1) is 16.5. The number of aryl methyl sites for hydroxylation is 2. The Bertz CT molecular complexity index is 1270. The fraction of sp³-hybridized carbons (Fsp3) is 0.286. The number of thiazole rings is 1. The average Bonchev–Trinajstić information content (AvgIpc) is 3.30. The smallest absolute Gasteiger partial charge is 0.263 e. The van der Waals surface area contributed by atoms with Gasteiger partial charge in [0.05, 0.1) is 15.8 Å². The predicted molar refractivity (Wildman–Crippen MR) is 142 cm³/mol. The Kier molecular flexibility index (Phi) is 7.60. The highest BCUT2D eigenvalue weighted by atomic mass is 32.1. The Balaban J connectivity index is 1.72. The van der Waals surface area contributed by atoms with E-state index in [1.54, 1.807) is 11.3 Å². The molecule has 4 rings (SSSR count). The molecule has 0 fully saturated rings. The van der Waals surface area contributed by atoms with Crippen LogP contribution in [0.1, 0.15) is 35.3 Å². The van der Waals surface area contributed by atoms with Crippen LogP contribution in [0.15, 0.2) is 66.7 Å². The maximum absolute atomic E-state index is 14.0. The number of rotatable bonds is 9. The number of ether oxygens (including phenoxy) is 1. The van der Waals surface area contributed by atoms with E-state index in [1.807, 2.05) is 59.5 Å². The lowest BCUT2D eigenvalue weighted by molar-refractivity contribution is 0.0981. The Morgan fingerprint density at radius 2 is 1.62 bits per heavy atom. The molecule has 5 nitrogen and oxygen atoms in total. The highest BCUT2D eigenvalue weighted by molar-refractivity contribution is 7.22. The third-order valence-electron chi connectivity index (χ3n) is 6.17. The van der Waals surface area contributed by atoms with Crippen molar-refractivity contribution in [2.45, 2.75) is 27.7 Å². The van der Waals surface area contributed by atoms with Gasteiger partial charge in [0.2, 0.25) is 0 Å². The molecule has 0 aliphatic heterocycles. The van der Waals surface area contributed by atoms with Crippen LogP contribution in [0.4, 0.5) is 5.13 Å². The normalized spacial score (nSPS) is 11.2. The number of hydrogen-bond donors (Lipinski definition) is 0. The van der Waals surface area contributed by atoms with Crippen LogP contribution in [0.2, 0.25) is 0 Å². The van der Waals surface area contributed by atoms with Crippen LogP contribution < -0.4 is 9.64 Å². The fourth-order valence-corrected chi connectivity index (χ4v) is 4.94. The number of likely N-dealkylation sites (N-methyl/N-ethyl adjacent to an activating group) is 1. The second kappa shape index (κ2) is 10.8. The van der Waals surface area contributed by atoms with Crippen molar-refractivity contribution in [2.75, 3.05) is 31.1 Å². The number of para-hydroxylation sites is 2. The summed E-state index contributed by atoms with van der Waals surface area (Å²) in [5.41, 5.74) is 3.85. The Morgan fingerprint density at radius 1 is 0.912 bits per heavy atom. The van der Waals surface area contributed by atoms with E-state index >= 15 is 0 Å². The maximum atomic E-state index is 14.0. The van der Waals surface area contributed by atoms with E-state index < -0.39 is 0 Å². The summed E-state index contributed by atoms with van der Waals surface area (Å²) >= 11 is 1.56. The molecule has 0 saturated heterocycles. The highest BCUT2D eigenvalue weighted by Crippen LogP contribution is 2.34. The molecule has 0 aliphatic rings. The van der Waals surface area contributed by atoms with Crippen LogP contribution in [0, 0.1) is 13.8 Å². The van der Waals surface area contributed by atoms with E-state index in [1.165, 1.54) is 5.56 Å². The summed E-state index contributed by atoms with van der Waals surface area (Å²) in [6, 6.07) is 21.2. The molecule has 3 aromatic carbocycles. The SMILES string of the molecule is CCN(CC)CCN(C(=O)c1ccccc1Oc1ccccc1)c1nc2c(C)c(C)ccc2s1. The van der Waals surface area contributed by atoms with Crippen molar-refractivity contribution in [3.63, 3.8) is 0 Å². The summed E-state index contributed by atoms with van der Waals surface area (Å²) < 4.78 is 7.19. The van der Waals surface area contributed by atoms with Crippen LogP contribution in [-0.4, -0.2) is 42.0 Å². The van der Waals surface area contributed by atoms with Crippen LogP contribution in [-0.2, 0) is 0 Å². The maximum Gasteiger partial charge on any atom is 0.263 e. The first-order valence-corrected chi connectivity index (χ1v) is 12.6. The molecule has 1 aromatic heterocycles. The third kappa shape index (κ3) is 5.13. The number of carbonyl (C=O) groups excluding carboxylic acids is 1. The summed E-state index contributed by atoms with van der Waals surface area (Å²) in [6.45, 7) is 11.7. The zero-order chi connectivity index (χ0) is 24.1. The van der Waals surface area contributed by atoms with Gasteiger partial charge in [0.15, 0.2) is 5.13 Å². The lowest BCUT2D eigenvalue weighted by Gasteiger charge is -2.25. The third-order valence-corrected chi connectivity index (χ3v) is 7.22. The number of fused-ring (bicyclic) bond motifs is 1. The first-order valence-electron chi connectivity index (χ1n) is 11.7. The van der Waals surface area contributed by atoms with Crippen LogP contribution in [0.3, 0.4) is 0 Å². The lowest BCUT2D eigenvalue weighted by Crippen LogP contribution is -2.39. The van der Waals surface area contributed by atoms with Crippen molar-refractivity contribution in [1.82, 2.24) is 9.88 Å². The number of hydrogen-bond acceptors (Lipinski definition) is 5. The van der Waals surface area contributed by atoms with E-state index in [9.17, 15) is 4.79 Å². The molecular formula is C28H31N3O2S. The van der Waals surface area contributed by atoms with Gasteiger partial charge < -0.3 is 9.64 Å². The van der Waals surface area contributed by atoms with Gasteiger partial charge in [-0.25, -0.2) is 4.98 Å². The Morgan fingerprint density at radius 3 is 2.35 bits per heavy atom. The van der Waals surface area contributed by atoms with Crippen molar-refractivity contribution in [3.05, 3.63) is 83.4 Å². The van der Waals surface area contributed by atoms with Gasteiger partial charge in [-0.3, -0.25) is 9.69 Å². The van der Waals surface area contributed by atoms with E-state index in [4.69, 9.17) is 9.72 Å². The van der Waals surface area contributed by atoms with Gasteiger partial charge in [-0.2, -0.15) is 0 Å². The summed E-state index contributed by atoms with van der Waals surface area (Å²) in [5, 5.41) is 0.718. The van der Waals surface area contributed by atoms with E-state index in [0.717, 1.165) is 40.5 Å². The average molecular weight is 474 g/mol. The molecule has 1 heterocycles. The minimum Gasteiger partial charge on any atom is -0.457 e. The quantitative estimate of drug-likeness (QED) is 0.272. The summed E-state index contributed by atoms with van der Waals surface area (Å²) in [5.74, 6) is 1.13. The number of nitrogens with zero attached hydrogens (tertiary/aromatic N) is 3. The monoisotopic (exact) mass is 473 g/mol. The van der Waals surface area contributed by atoms with Gasteiger partial charge in [0, 0.05) is 13.1 Å². The zero-order valence-electron chi connectivity index (χ0n) is 20.2. The molecule has 34 heavy (non-hydrogen) atoms. The molecule has 0 unspecified atom stereocenters. The molecule has 0 bridgehead atoms. The Hall–Kier alpha value is -3.22. The molecule has 0 spiro atoms. The topological polar surface area (TPSA) is 45.7 Å². The largest absolute Gasteiger partial charge is 0.457 e. The number of carbonyl (C=O) groups is 1. The lowest BCUT2D eigenvalue weighted by atomic mass is 10.1. The summed E-state index contributed by atoms with van der Waals surface area (Å²) in [6.07, 6.45) is 0. The summed E-state index contributed by atoms with van der Waals surface area (Å²) in [7, 11) is 0. The van der Waals surface area contributed by atoms with Crippen LogP contribution >= 0.6 is 11.3 Å². The molecule has 0 N–H and O–H groups in total. The molecule has 0 aliphatic carbocycles. The molecular weight excluding hydrogens is 442 g/mol. The van der Waals surface area contributed by atoms with E-state index in [-0.39, 0.29) is 5.91 Å². The highest BCUT2D eigenvalue weighted by Gasteiger charge is 2.25. The van der Waals surface area contributed by atoms with Gasteiger partial charge in [-0.15, -0.1) is 0 Å². The van der Waals surface area contributed by atoms with Gasteiger partial charge >= 0.3 is 0 Å². The molecule has 0 radical (unpaired) electrons. The predicted octanol–water partition coefficient (Wildman–Crippen LogP) is 6.69. The van der Waals surface area contributed by atoms with Gasteiger partial charge in [0.1, 0.15) is 11.5 Å². The molecule has 0 atom stereocenters. The molecule has 1 amide bonds. The van der Waals surface area contributed by atoms with Crippen molar-refractivity contribution in [3.8, 4) is 11.5 Å². The van der Waals surface area contributed by atoms with Crippen LogP contribution in [0.25, 0.3) is 10.2 Å². The number of aromatic nitrogens is 1. The molecule has 176 valence electrons. The van der Waals surface area contributed by atoms with Crippen molar-refractivity contribution in [1.29, 1.82) is 0 Å². The second-order valence-electron chi connectivity index (χ2n) is 8.25. The molecule has 6 heteroatoms. The number of amides is 1. The minimum atomic E-state index is -0.105. The fourth-order valence-electron chi connectivity index (χ4n) is 3.89. The van der Waals surface area contributed by atoms with Gasteiger partial charge in [-0.1, -0.05) is 61.6 Å². The summed E-state index contributed by atoms with van der Waals surface area (Å²) in [4.78, 5) is 23.0. The zero-order valence-corrected chi connectivity index (χ0v) is 21.1. The van der Waals surface area contributed by atoms with Gasteiger partial charge in [-0.05, 0) is 68.4 Å². The minimum absolute atomic E-state index is 0.105. The molecule has 0 saturated carbocycles. The van der Waals surface area contributed by atoms with Crippen LogP contribution in [0.5, 0.6) is 11.5 Å². The Labute approximate surface area is 205 Å². The van der Waals surface area contributed by atoms with E-state index in [0.29, 0.717) is 23.6 Å². The molecule has 4 aromatic rings. The number of anilines is 1. The van der Waals surface area contributed by atoms with Crippen molar-refractivity contribution >= 4 is 32.6 Å². The van der Waals surface area contributed by atoms with E-state index in [2.05, 4.69) is 44.7 Å². The van der Waals surface area contributed by atoms with Crippen molar-refractivity contribution < 1.29 is 9.53 Å². The standard InChI is InChI=1S/C28H31N3O2S/c1-5-30(6-2)18-19-31(28-29-26-21(4)20(3)16-17-25(26)34-28)27(32)23-14-10-11-15-24(23)33-22-12-8-7-9-13-22/h7-17H,5-6,18-19H2,1-4H3. The van der Waals surface area contributed by atoms with Crippen molar-refractivity contribution in [2.24, 2.45) is 0 Å². The number of benzene rings is 3. The van der Waals surface area contributed by atoms with Gasteiger partial charge in [0.25, 0.3) is 5.91 Å². The first kappa shape index (κ1) is 23.9.